The van der Waals surface area contributed by atoms with Gasteiger partial charge in [0.1, 0.15) is 11.3 Å². The molecule has 120 valence electrons. The lowest BCUT2D eigenvalue weighted by atomic mass is 10.2. The van der Waals surface area contributed by atoms with E-state index >= 15 is 0 Å². The maximum absolute atomic E-state index is 11.5. The Morgan fingerprint density at radius 2 is 2.17 bits per heavy atom. The minimum atomic E-state index is -0.479. The second kappa shape index (κ2) is 6.66. The Bertz CT molecular complexity index is 773. The van der Waals surface area contributed by atoms with Crippen molar-refractivity contribution in [1.82, 2.24) is 10.5 Å². The Morgan fingerprint density at radius 3 is 2.96 bits per heavy atom. The zero-order chi connectivity index (χ0) is 16.2. The Kier molecular flexibility index (Phi) is 4.43. The van der Waals surface area contributed by atoms with Gasteiger partial charge in [-0.25, -0.2) is 4.79 Å². The van der Waals surface area contributed by atoms with Crippen LogP contribution in [0.4, 0.5) is 0 Å². The highest BCUT2D eigenvalue weighted by Crippen LogP contribution is 2.23. The molecule has 0 fully saturated rings. The summed E-state index contributed by atoms with van der Waals surface area (Å²) in [7, 11) is 0. The van der Waals surface area contributed by atoms with Gasteiger partial charge in [0.15, 0.2) is 11.5 Å². The lowest BCUT2D eigenvalue weighted by Gasteiger charge is -2.08. The molecular weight excluding hydrogens is 296 g/mol. The fourth-order valence-corrected chi connectivity index (χ4v) is 2.27. The Morgan fingerprint density at radius 1 is 1.35 bits per heavy atom. The first kappa shape index (κ1) is 15.3. The third-order valence-electron chi connectivity index (χ3n) is 3.50. The lowest BCUT2D eigenvalue weighted by Crippen LogP contribution is -2.17. The number of ether oxygens (including phenoxy) is 1. The molecule has 1 N–H and O–H groups in total. The second-order valence-corrected chi connectivity index (χ2v) is 5.19. The summed E-state index contributed by atoms with van der Waals surface area (Å²) in [5.41, 5.74) is 1.04. The number of furan rings is 1. The van der Waals surface area contributed by atoms with E-state index in [1.54, 1.807) is 13.0 Å². The SMILES string of the molecule is CCOC(=O)c1cc(CNC(C)c2cc3ccccc3o2)on1. The Balaban J connectivity index is 1.62. The molecular formula is C17H18N2O4. The first-order chi connectivity index (χ1) is 11.2. The molecule has 3 aromatic rings. The molecule has 1 atom stereocenters. The third kappa shape index (κ3) is 3.43. The van der Waals surface area contributed by atoms with Gasteiger partial charge in [-0.3, -0.25) is 0 Å². The van der Waals surface area contributed by atoms with Gasteiger partial charge in [0.2, 0.25) is 0 Å². The smallest absolute Gasteiger partial charge is 0.360 e. The second-order valence-electron chi connectivity index (χ2n) is 5.19. The molecule has 2 aromatic heterocycles. The van der Waals surface area contributed by atoms with Crippen molar-refractivity contribution in [1.29, 1.82) is 0 Å². The van der Waals surface area contributed by atoms with Crippen molar-refractivity contribution >= 4 is 16.9 Å². The number of aromatic nitrogens is 1. The lowest BCUT2D eigenvalue weighted by molar-refractivity contribution is 0.0514. The molecule has 0 bridgehead atoms. The largest absolute Gasteiger partial charge is 0.461 e. The molecule has 3 rings (SSSR count). The molecule has 0 aliphatic rings. The predicted molar refractivity (Wildman–Crippen MR) is 83.9 cm³/mol. The molecule has 0 saturated heterocycles. The van der Waals surface area contributed by atoms with Crippen LogP contribution in [0.5, 0.6) is 0 Å². The summed E-state index contributed by atoms with van der Waals surface area (Å²) in [6.07, 6.45) is 0. The molecule has 0 radical (unpaired) electrons. The highest BCUT2D eigenvalue weighted by molar-refractivity contribution is 5.87. The summed E-state index contributed by atoms with van der Waals surface area (Å²) in [6, 6.07) is 11.5. The predicted octanol–water partition coefficient (Wildman–Crippen LogP) is 3.45. The van der Waals surface area contributed by atoms with E-state index in [4.69, 9.17) is 13.7 Å². The molecule has 2 heterocycles. The summed E-state index contributed by atoms with van der Waals surface area (Å²) < 4.78 is 15.8. The number of carbonyl (C=O) groups excluding carboxylic acids is 1. The molecule has 0 aliphatic carbocycles. The Labute approximate surface area is 133 Å². The van der Waals surface area contributed by atoms with Crippen LogP contribution in [-0.4, -0.2) is 17.7 Å². The summed E-state index contributed by atoms with van der Waals surface area (Å²) in [5.74, 6) is 0.931. The monoisotopic (exact) mass is 314 g/mol. The molecule has 1 aromatic carbocycles. The van der Waals surface area contributed by atoms with Crippen LogP contribution in [-0.2, 0) is 11.3 Å². The molecule has 0 amide bonds. The van der Waals surface area contributed by atoms with Crippen LogP contribution >= 0.6 is 0 Å². The number of rotatable bonds is 6. The highest BCUT2D eigenvalue weighted by Gasteiger charge is 2.15. The number of benzene rings is 1. The van der Waals surface area contributed by atoms with Crippen molar-refractivity contribution in [3.05, 3.63) is 53.6 Å². The van der Waals surface area contributed by atoms with Crippen LogP contribution in [0, 0.1) is 0 Å². The number of hydrogen-bond donors (Lipinski definition) is 1. The standard InChI is InChI=1S/C17H18N2O4/c1-3-21-17(20)14-9-13(23-19-14)10-18-11(2)16-8-12-6-4-5-7-15(12)22-16/h4-9,11,18H,3,10H2,1-2H3. The van der Waals surface area contributed by atoms with E-state index in [2.05, 4.69) is 10.5 Å². The summed E-state index contributed by atoms with van der Waals surface area (Å²) in [5, 5.41) is 8.06. The first-order valence-corrected chi connectivity index (χ1v) is 7.52. The number of esters is 1. The molecule has 0 aliphatic heterocycles. The van der Waals surface area contributed by atoms with E-state index in [1.165, 1.54) is 0 Å². The van der Waals surface area contributed by atoms with E-state index in [1.807, 2.05) is 37.3 Å². The number of fused-ring (bicyclic) bond motifs is 1. The molecule has 0 spiro atoms. The van der Waals surface area contributed by atoms with Gasteiger partial charge in [-0.2, -0.15) is 0 Å². The van der Waals surface area contributed by atoms with Gasteiger partial charge in [0.25, 0.3) is 0 Å². The van der Waals surface area contributed by atoms with Crippen molar-refractivity contribution < 1.29 is 18.5 Å². The van der Waals surface area contributed by atoms with Crippen molar-refractivity contribution in [2.45, 2.75) is 26.4 Å². The topological polar surface area (TPSA) is 77.5 Å². The summed E-state index contributed by atoms with van der Waals surface area (Å²) in [6.45, 7) is 4.49. The fraction of sp³-hybridized carbons (Fsp3) is 0.294. The molecule has 6 nitrogen and oxygen atoms in total. The third-order valence-corrected chi connectivity index (χ3v) is 3.50. The molecule has 23 heavy (non-hydrogen) atoms. The van der Waals surface area contributed by atoms with Gasteiger partial charge in [0, 0.05) is 11.5 Å². The maximum atomic E-state index is 11.5. The van der Waals surface area contributed by atoms with Crippen molar-refractivity contribution in [3.63, 3.8) is 0 Å². The van der Waals surface area contributed by atoms with Crippen LogP contribution in [0.25, 0.3) is 11.0 Å². The van der Waals surface area contributed by atoms with Gasteiger partial charge >= 0.3 is 5.97 Å². The van der Waals surface area contributed by atoms with E-state index in [0.29, 0.717) is 18.9 Å². The van der Waals surface area contributed by atoms with Crippen LogP contribution in [0.15, 0.2) is 45.3 Å². The quantitative estimate of drug-likeness (QED) is 0.702. The molecule has 0 saturated carbocycles. The van der Waals surface area contributed by atoms with Gasteiger partial charge in [-0.05, 0) is 26.0 Å². The zero-order valence-corrected chi connectivity index (χ0v) is 13.0. The van der Waals surface area contributed by atoms with Gasteiger partial charge in [-0.1, -0.05) is 23.4 Å². The van der Waals surface area contributed by atoms with Crippen molar-refractivity contribution in [2.24, 2.45) is 0 Å². The van der Waals surface area contributed by atoms with Gasteiger partial charge in [0.05, 0.1) is 19.2 Å². The van der Waals surface area contributed by atoms with Crippen LogP contribution < -0.4 is 5.32 Å². The van der Waals surface area contributed by atoms with Gasteiger partial charge in [-0.15, -0.1) is 0 Å². The van der Waals surface area contributed by atoms with Crippen LogP contribution in [0.1, 0.15) is 41.9 Å². The molecule has 6 heteroatoms. The number of nitrogens with one attached hydrogen (secondary N) is 1. The first-order valence-electron chi connectivity index (χ1n) is 7.52. The minimum absolute atomic E-state index is 0.00135. The number of para-hydroxylation sites is 1. The zero-order valence-electron chi connectivity index (χ0n) is 13.0. The normalized spacial score (nSPS) is 12.4. The van der Waals surface area contributed by atoms with Crippen LogP contribution in [0.2, 0.25) is 0 Å². The van der Waals surface area contributed by atoms with E-state index < -0.39 is 5.97 Å². The van der Waals surface area contributed by atoms with Crippen LogP contribution in [0.3, 0.4) is 0 Å². The minimum Gasteiger partial charge on any atom is -0.461 e. The highest BCUT2D eigenvalue weighted by atomic mass is 16.5. The fourth-order valence-electron chi connectivity index (χ4n) is 2.27. The molecule has 1 unspecified atom stereocenters. The summed E-state index contributed by atoms with van der Waals surface area (Å²) in [4.78, 5) is 11.5. The van der Waals surface area contributed by atoms with Gasteiger partial charge < -0.3 is 19.0 Å². The van der Waals surface area contributed by atoms with E-state index in [9.17, 15) is 4.79 Å². The summed E-state index contributed by atoms with van der Waals surface area (Å²) >= 11 is 0. The van der Waals surface area contributed by atoms with Crippen molar-refractivity contribution in [3.8, 4) is 0 Å². The number of carbonyl (C=O) groups is 1. The Hall–Kier alpha value is -2.60. The van der Waals surface area contributed by atoms with Crippen molar-refractivity contribution in [2.75, 3.05) is 6.61 Å². The maximum Gasteiger partial charge on any atom is 0.360 e. The average molecular weight is 314 g/mol. The average Bonchev–Trinajstić information content (AvgIpc) is 3.19. The van der Waals surface area contributed by atoms with E-state index in [-0.39, 0.29) is 11.7 Å². The number of hydrogen-bond acceptors (Lipinski definition) is 6. The van der Waals surface area contributed by atoms with E-state index in [0.717, 1.165) is 16.7 Å². The number of nitrogens with zero attached hydrogens (tertiary/aromatic N) is 1.